The molecule has 7 nitrogen and oxygen atoms in total. The zero-order valence-corrected chi connectivity index (χ0v) is 15.3. The summed E-state index contributed by atoms with van der Waals surface area (Å²) >= 11 is 0. The van der Waals surface area contributed by atoms with Crippen molar-refractivity contribution in [1.29, 1.82) is 0 Å². The van der Waals surface area contributed by atoms with Gasteiger partial charge in [-0.25, -0.2) is 9.37 Å². The maximum atomic E-state index is 13.1. The predicted molar refractivity (Wildman–Crippen MR) is 101 cm³/mol. The molecule has 0 spiro atoms. The van der Waals surface area contributed by atoms with Gasteiger partial charge in [0, 0.05) is 19.0 Å². The summed E-state index contributed by atoms with van der Waals surface area (Å²) in [5.74, 6) is -0.203. The predicted octanol–water partition coefficient (Wildman–Crippen LogP) is 2.92. The van der Waals surface area contributed by atoms with Gasteiger partial charge in [-0.05, 0) is 55.0 Å². The van der Waals surface area contributed by atoms with Crippen molar-refractivity contribution in [2.45, 2.75) is 6.92 Å². The van der Waals surface area contributed by atoms with E-state index in [1.54, 1.807) is 19.1 Å². The number of benzene rings is 1. The van der Waals surface area contributed by atoms with Crippen LogP contribution in [0.25, 0.3) is 5.69 Å². The van der Waals surface area contributed by atoms with E-state index in [2.05, 4.69) is 10.3 Å². The molecular weight excluding hydrogens is 365 g/mol. The van der Waals surface area contributed by atoms with Gasteiger partial charge >= 0.3 is 0 Å². The van der Waals surface area contributed by atoms with Crippen molar-refractivity contribution in [3.05, 3.63) is 82.2 Å². The molecule has 0 saturated heterocycles. The molecule has 8 heteroatoms. The zero-order chi connectivity index (χ0) is 20.1. The number of hydrogen-bond acceptors (Lipinski definition) is 5. The third kappa shape index (κ3) is 4.24. The minimum Gasteiger partial charge on any atom is -0.466 e. The first-order chi connectivity index (χ1) is 13.5. The lowest BCUT2D eigenvalue weighted by Crippen LogP contribution is -2.28. The van der Waals surface area contributed by atoms with E-state index in [9.17, 15) is 14.0 Å². The molecule has 3 rings (SSSR count). The Morgan fingerprint density at radius 2 is 2.00 bits per heavy atom. The lowest BCUT2D eigenvalue weighted by molar-refractivity contribution is 0.0504. The van der Waals surface area contributed by atoms with E-state index < -0.39 is 17.3 Å². The van der Waals surface area contributed by atoms with E-state index in [0.29, 0.717) is 11.4 Å². The quantitative estimate of drug-likeness (QED) is 0.662. The lowest BCUT2D eigenvalue weighted by atomic mass is 10.2. The molecule has 0 atom stereocenters. The Labute approximate surface area is 160 Å². The minimum atomic E-state index is -0.598. The van der Waals surface area contributed by atoms with Gasteiger partial charge in [-0.2, -0.15) is 0 Å². The topological polar surface area (TPSA) is 82.4 Å². The number of nitrogens with one attached hydrogen (secondary N) is 1. The number of pyridine rings is 2. The average Bonchev–Trinajstić information content (AvgIpc) is 2.68. The van der Waals surface area contributed by atoms with Crippen LogP contribution in [0.1, 0.15) is 15.9 Å². The van der Waals surface area contributed by atoms with Gasteiger partial charge in [0.25, 0.3) is 11.5 Å². The van der Waals surface area contributed by atoms with Gasteiger partial charge < -0.3 is 14.8 Å². The van der Waals surface area contributed by atoms with Crippen LogP contribution in [-0.2, 0) is 4.74 Å². The smallest absolute Gasteiger partial charge is 0.267 e. The van der Waals surface area contributed by atoms with Crippen LogP contribution < -0.4 is 15.6 Å². The van der Waals surface area contributed by atoms with E-state index in [1.165, 1.54) is 54.4 Å². The second kappa shape index (κ2) is 8.45. The number of ether oxygens (including phenoxy) is 2. The third-order valence-electron chi connectivity index (χ3n) is 3.93. The summed E-state index contributed by atoms with van der Waals surface area (Å²) in [6.45, 7) is 1.88. The summed E-state index contributed by atoms with van der Waals surface area (Å²) < 4.78 is 24.6. The molecule has 144 valence electrons. The van der Waals surface area contributed by atoms with E-state index in [0.717, 1.165) is 5.56 Å². The molecule has 0 aliphatic carbocycles. The van der Waals surface area contributed by atoms with Gasteiger partial charge in [0.2, 0.25) is 0 Å². The Bertz CT molecular complexity index is 1050. The van der Waals surface area contributed by atoms with Crippen LogP contribution in [0.5, 0.6) is 5.75 Å². The molecule has 0 aliphatic rings. The van der Waals surface area contributed by atoms with E-state index in [1.807, 2.05) is 0 Å². The fourth-order valence-corrected chi connectivity index (χ4v) is 2.54. The van der Waals surface area contributed by atoms with Gasteiger partial charge in [0.1, 0.15) is 22.9 Å². The second-order valence-electron chi connectivity index (χ2n) is 5.91. The number of nitrogens with zero attached hydrogens (tertiary/aromatic N) is 2. The molecule has 0 bridgehead atoms. The number of carbonyl (C=O) groups excluding carboxylic acids is 1. The fraction of sp³-hybridized carbons (Fsp3) is 0.150. The Morgan fingerprint density at radius 3 is 2.68 bits per heavy atom. The number of aromatic nitrogens is 2. The van der Waals surface area contributed by atoms with Crippen LogP contribution in [0.3, 0.4) is 0 Å². The Hall–Kier alpha value is -3.52. The first-order valence-corrected chi connectivity index (χ1v) is 8.37. The Balaban J connectivity index is 1.83. The first kappa shape index (κ1) is 19.2. The van der Waals surface area contributed by atoms with Crippen molar-refractivity contribution in [3.63, 3.8) is 0 Å². The van der Waals surface area contributed by atoms with Crippen molar-refractivity contribution in [3.8, 4) is 11.4 Å². The molecule has 0 fully saturated rings. The van der Waals surface area contributed by atoms with E-state index >= 15 is 0 Å². The number of amides is 1. The molecule has 1 amide bonds. The van der Waals surface area contributed by atoms with E-state index in [4.69, 9.17) is 9.47 Å². The molecule has 0 radical (unpaired) electrons. The van der Waals surface area contributed by atoms with Gasteiger partial charge in [0.05, 0.1) is 6.20 Å². The fourth-order valence-electron chi connectivity index (χ4n) is 2.54. The normalized spacial score (nSPS) is 10.5. The van der Waals surface area contributed by atoms with Crippen LogP contribution in [0, 0.1) is 12.7 Å². The third-order valence-corrected chi connectivity index (χ3v) is 3.93. The zero-order valence-electron chi connectivity index (χ0n) is 15.3. The number of rotatable bonds is 6. The molecule has 0 aliphatic heterocycles. The summed E-state index contributed by atoms with van der Waals surface area (Å²) in [6, 6.07) is 10.0. The highest BCUT2D eigenvalue weighted by atomic mass is 19.1. The molecule has 2 heterocycles. The summed E-state index contributed by atoms with van der Waals surface area (Å²) in [4.78, 5) is 29.4. The van der Waals surface area contributed by atoms with Crippen molar-refractivity contribution >= 4 is 11.7 Å². The maximum absolute atomic E-state index is 13.1. The van der Waals surface area contributed by atoms with Crippen LogP contribution in [0.15, 0.2) is 59.7 Å². The standard InChI is InChI=1S/C20H18FN3O4/c1-13-10-18(22-11-17(13)28-12-27-2)23-19(25)16-4-3-9-24(20(16)26)15-7-5-14(21)6-8-15/h3-11H,12H2,1-2H3,(H,22,23,25). The maximum Gasteiger partial charge on any atom is 0.267 e. The highest BCUT2D eigenvalue weighted by molar-refractivity contribution is 6.03. The molecule has 1 aromatic carbocycles. The molecule has 0 unspecified atom stereocenters. The monoisotopic (exact) mass is 383 g/mol. The van der Waals surface area contributed by atoms with Crippen LogP contribution in [0.4, 0.5) is 10.2 Å². The molecule has 0 saturated carbocycles. The van der Waals surface area contributed by atoms with Gasteiger partial charge in [-0.1, -0.05) is 0 Å². The summed E-state index contributed by atoms with van der Waals surface area (Å²) in [7, 11) is 1.51. The number of methoxy groups -OCH3 is 1. The number of hydrogen-bond donors (Lipinski definition) is 1. The van der Waals surface area contributed by atoms with Gasteiger partial charge in [-0.15, -0.1) is 0 Å². The van der Waals surface area contributed by atoms with Gasteiger partial charge in [0.15, 0.2) is 6.79 Å². The van der Waals surface area contributed by atoms with Crippen LogP contribution in [0.2, 0.25) is 0 Å². The molecule has 3 aromatic rings. The number of anilines is 1. The Morgan fingerprint density at radius 1 is 1.25 bits per heavy atom. The molecule has 1 N–H and O–H groups in total. The number of carbonyl (C=O) groups is 1. The Kier molecular flexibility index (Phi) is 5.81. The average molecular weight is 383 g/mol. The highest BCUT2D eigenvalue weighted by Crippen LogP contribution is 2.19. The molecular formula is C20H18FN3O4. The van der Waals surface area contributed by atoms with Crippen molar-refractivity contribution in [2.24, 2.45) is 0 Å². The lowest BCUT2D eigenvalue weighted by Gasteiger charge is -2.11. The first-order valence-electron chi connectivity index (χ1n) is 8.37. The summed E-state index contributed by atoms with van der Waals surface area (Å²) in [5, 5.41) is 2.60. The number of aryl methyl sites for hydroxylation is 1. The molecule has 2 aromatic heterocycles. The second-order valence-corrected chi connectivity index (χ2v) is 5.91. The molecule has 28 heavy (non-hydrogen) atoms. The highest BCUT2D eigenvalue weighted by Gasteiger charge is 2.14. The van der Waals surface area contributed by atoms with Crippen molar-refractivity contribution < 1.29 is 18.7 Å². The van der Waals surface area contributed by atoms with Crippen LogP contribution >= 0.6 is 0 Å². The van der Waals surface area contributed by atoms with Crippen LogP contribution in [-0.4, -0.2) is 29.4 Å². The number of halogens is 1. The van der Waals surface area contributed by atoms with Gasteiger partial charge in [-0.3, -0.25) is 14.2 Å². The summed E-state index contributed by atoms with van der Waals surface area (Å²) in [5.41, 5.74) is 0.614. The van der Waals surface area contributed by atoms with Crippen molar-refractivity contribution in [1.82, 2.24) is 9.55 Å². The SMILES string of the molecule is COCOc1cnc(NC(=O)c2cccn(-c3ccc(F)cc3)c2=O)cc1C. The summed E-state index contributed by atoms with van der Waals surface area (Å²) in [6.07, 6.45) is 2.97. The van der Waals surface area contributed by atoms with E-state index in [-0.39, 0.29) is 18.2 Å². The minimum absolute atomic E-state index is 0.0639. The van der Waals surface area contributed by atoms with Crippen molar-refractivity contribution in [2.75, 3.05) is 19.2 Å². The largest absolute Gasteiger partial charge is 0.466 e.